The van der Waals surface area contributed by atoms with Gasteiger partial charge in [0.05, 0.1) is 21.4 Å². The monoisotopic (exact) mass is 327 g/mol. The summed E-state index contributed by atoms with van der Waals surface area (Å²) in [5, 5.41) is 7.37. The van der Waals surface area contributed by atoms with E-state index >= 15 is 0 Å². The lowest BCUT2D eigenvalue weighted by Gasteiger charge is -2.08. The number of para-hydroxylation sites is 1. The van der Waals surface area contributed by atoms with E-state index in [9.17, 15) is 4.79 Å². The van der Waals surface area contributed by atoms with Crippen molar-refractivity contribution in [2.24, 2.45) is 0 Å². The SMILES string of the molecule is CCn1ncc(Br)c1C(=O)Nc1ccccc1Cl. The summed E-state index contributed by atoms with van der Waals surface area (Å²) in [5.41, 5.74) is 1.07. The zero-order valence-corrected chi connectivity index (χ0v) is 12.0. The predicted molar refractivity (Wildman–Crippen MR) is 75.0 cm³/mol. The minimum atomic E-state index is -0.241. The third kappa shape index (κ3) is 2.57. The lowest BCUT2D eigenvalue weighted by atomic mass is 10.3. The van der Waals surface area contributed by atoms with Crippen LogP contribution in [0, 0.1) is 0 Å². The van der Waals surface area contributed by atoms with Crippen molar-refractivity contribution in [2.45, 2.75) is 13.5 Å². The molecule has 0 bridgehead atoms. The van der Waals surface area contributed by atoms with Crippen LogP contribution in [0.15, 0.2) is 34.9 Å². The van der Waals surface area contributed by atoms with E-state index in [2.05, 4.69) is 26.3 Å². The maximum atomic E-state index is 12.2. The standard InChI is InChI=1S/C12H11BrClN3O/c1-2-17-11(8(13)7-15-17)12(18)16-10-6-4-3-5-9(10)14/h3-7H,2H2,1H3,(H,16,18). The number of nitrogens with one attached hydrogen (secondary N) is 1. The fourth-order valence-electron chi connectivity index (χ4n) is 1.57. The maximum absolute atomic E-state index is 12.2. The molecular weight excluding hydrogens is 318 g/mol. The van der Waals surface area contributed by atoms with E-state index in [0.29, 0.717) is 27.4 Å². The third-order valence-corrected chi connectivity index (χ3v) is 3.34. The van der Waals surface area contributed by atoms with Gasteiger partial charge in [0.15, 0.2) is 0 Å². The van der Waals surface area contributed by atoms with Crippen LogP contribution in [-0.2, 0) is 6.54 Å². The number of rotatable bonds is 3. The van der Waals surface area contributed by atoms with Gasteiger partial charge < -0.3 is 5.32 Å². The molecular formula is C12H11BrClN3O. The van der Waals surface area contributed by atoms with Crippen LogP contribution in [0.4, 0.5) is 5.69 Å². The van der Waals surface area contributed by atoms with Crippen LogP contribution in [0.25, 0.3) is 0 Å². The summed E-state index contributed by atoms with van der Waals surface area (Å²) in [6, 6.07) is 7.10. The molecule has 0 spiro atoms. The average molecular weight is 329 g/mol. The first-order valence-corrected chi connectivity index (χ1v) is 6.57. The van der Waals surface area contributed by atoms with Gasteiger partial charge >= 0.3 is 0 Å². The normalized spacial score (nSPS) is 10.4. The molecule has 4 nitrogen and oxygen atoms in total. The Labute approximate surface area is 118 Å². The third-order valence-electron chi connectivity index (χ3n) is 2.43. The number of aromatic nitrogens is 2. The molecule has 1 heterocycles. The van der Waals surface area contributed by atoms with Gasteiger partial charge in [-0.1, -0.05) is 23.7 Å². The fourth-order valence-corrected chi connectivity index (χ4v) is 2.23. The van der Waals surface area contributed by atoms with Gasteiger partial charge in [0, 0.05) is 6.54 Å². The molecule has 0 atom stereocenters. The number of carbonyl (C=O) groups excluding carboxylic acids is 1. The fraction of sp³-hybridized carbons (Fsp3) is 0.167. The molecule has 1 aromatic heterocycles. The molecule has 1 amide bonds. The van der Waals surface area contributed by atoms with Crippen molar-refractivity contribution in [3.05, 3.63) is 45.7 Å². The van der Waals surface area contributed by atoms with E-state index in [1.165, 1.54) is 0 Å². The summed E-state index contributed by atoms with van der Waals surface area (Å²) in [6.45, 7) is 2.54. The molecule has 2 aromatic rings. The largest absolute Gasteiger partial charge is 0.319 e. The number of carbonyl (C=O) groups is 1. The van der Waals surface area contributed by atoms with Gasteiger partial charge in [-0.05, 0) is 35.0 Å². The van der Waals surface area contributed by atoms with E-state index in [0.717, 1.165) is 0 Å². The lowest BCUT2D eigenvalue weighted by molar-refractivity contribution is 0.101. The van der Waals surface area contributed by atoms with Crippen molar-refractivity contribution >= 4 is 39.1 Å². The highest BCUT2D eigenvalue weighted by Crippen LogP contribution is 2.23. The second kappa shape index (κ2) is 5.54. The van der Waals surface area contributed by atoms with Gasteiger partial charge in [-0.25, -0.2) is 0 Å². The van der Waals surface area contributed by atoms with Gasteiger partial charge in [-0.2, -0.15) is 5.10 Å². The molecule has 6 heteroatoms. The number of halogens is 2. The highest BCUT2D eigenvalue weighted by Gasteiger charge is 2.17. The minimum absolute atomic E-state index is 0.241. The van der Waals surface area contributed by atoms with Crippen LogP contribution >= 0.6 is 27.5 Å². The summed E-state index contributed by atoms with van der Waals surface area (Å²) < 4.78 is 2.28. The number of anilines is 1. The zero-order chi connectivity index (χ0) is 13.1. The molecule has 0 aliphatic heterocycles. The highest BCUT2D eigenvalue weighted by molar-refractivity contribution is 9.10. The Balaban J connectivity index is 2.28. The van der Waals surface area contributed by atoms with Crippen LogP contribution < -0.4 is 5.32 Å². The number of hydrogen-bond acceptors (Lipinski definition) is 2. The van der Waals surface area contributed by atoms with Crippen molar-refractivity contribution in [1.82, 2.24) is 9.78 Å². The molecule has 0 aliphatic rings. The lowest BCUT2D eigenvalue weighted by Crippen LogP contribution is -2.18. The number of benzene rings is 1. The summed E-state index contributed by atoms with van der Waals surface area (Å²) in [6.07, 6.45) is 1.60. The van der Waals surface area contributed by atoms with Crippen molar-refractivity contribution in [2.75, 3.05) is 5.32 Å². The Morgan fingerprint density at radius 3 is 2.89 bits per heavy atom. The first-order valence-electron chi connectivity index (χ1n) is 5.40. The molecule has 1 N–H and O–H groups in total. The number of amides is 1. The van der Waals surface area contributed by atoms with Crippen LogP contribution in [0.5, 0.6) is 0 Å². The zero-order valence-electron chi connectivity index (χ0n) is 9.65. The van der Waals surface area contributed by atoms with Crippen LogP contribution in [0.1, 0.15) is 17.4 Å². The Kier molecular flexibility index (Phi) is 4.04. The highest BCUT2D eigenvalue weighted by atomic mass is 79.9. The number of nitrogens with zero attached hydrogens (tertiary/aromatic N) is 2. The van der Waals surface area contributed by atoms with E-state index in [1.807, 2.05) is 19.1 Å². The molecule has 0 unspecified atom stereocenters. The second-order valence-electron chi connectivity index (χ2n) is 3.59. The van der Waals surface area contributed by atoms with Crippen LogP contribution in [0.2, 0.25) is 5.02 Å². The second-order valence-corrected chi connectivity index (χ2v) is 4.85. The van der Waals surface area contributed by atoms with Crippen LogP contribution in [-0.4, -0.2) is 15.7 Å². The van der Waals surface area contributed by atoms with E-state index in [1.54, 1.807) is 23.0 Å². The molecule has 94 valence electrons. The Morgan fingerprint density at radius 2 is 2.22 bits per heavy atom. The first-order chi connectivity index (χ1) is 8.63. The molecule has 0 saturated heterocycles. The topological polar surface area (TPSA) is 46.9 Å². The van der Waals surface area contributed by atoms with Gasteiger partial charge in [-0.15, -0.1) is 0 Å². The summed E-state index contributed by atoms with van der Waals surface area (Å²) in [5.74, 6) is -0.241. The van der Waals surface area contributed by atoms with E-state index in [-0.39, 0.29) is 5.91 Å². The molecule has 2 rings (SSSR count). The van der Waals surface area contributed by atoms with Gasteiger partial charge in [0.2, 0.25) is 0 Å². The maximum Gasteiger partial charge on any atom is 0.275 e. The molecule has 0 fully saturated rings. The predicted octanol–water partition coefficient (Wildman–Crippen LogP) is 3.57. The first kappa shape index (κ1) is 13.1. The van der Waals surface area contributed by atoms with Crippen LogP contribution in [0.3, 0.4) is 0 Å². The average Bonchev–Trinajstić information content (AvgIpc) is 2.73. The molecule has 0 saturated carbocycles. The van der Waals surface area contributed by atoms with E-state index in [4.69, 9.17) is 11.6 Å². The van der Waals surface area contributed by atoms with Crippen molar-refractivity contribution in [1.29, 1.82) is 0 Å². The van der Waals surface area contributed by atoms with E-state index < -0.39 is 0 Å². The smallest absolute Gasteiger partial charge is 0.275 e. The van der Waals surface area contributed by atoms with Gasteiger partial charge in [0.25, 0.3) is 5.91 Å². The van der Waals surface area contributed by atoms with Crippen molar-refractivity contribution < 1.29 is 4.79 Å². The molecule has 1 aromatic carbocycles. The summed E-state index contributed by atoms with van der Waals surface area (Å²) in [4.78, 5) is 12.2. The molecule has 18 heavy (non-hydrogen) atoms. The Hall–Kier alpha value is -1.33. The van der Waals surface area contributed by atoms with Crippen molar-refractivity contribution in [3.63, 3.8) is 0 Å². The van der Waals surface area contributed by atoms with Gasteiger partial charge in [0.1, 0.15) is 5.69 Å². The Bertz CT molecular complexity index is 582. The molecule has 0 aliphatic carbocycles. The minimum Gasteiger partial charge on any atom is -0.319 e. The van der Waals surface area contributed by atoms with Gasteiger partial charge in [-0.3, -0.25) is 9.48 Å². The number of aryl methyl sites for hydroxylation is 1. The summed E-state index contributed by atoms with van der Waals surface area (Å²) in [7, 11) is 0. The Morgan fingerprint density at radius 1 is 1.50 bits per heavy atom. The van der Waals surface area contributed by atoms with Crippen molar-refractivity contribution in [3.8, 4) is 0 Å². The molecule has 0 radical (unpaired) electrons. The number of hydrogen-bond donors (Lipinski definition) is 1. The quantitative estimate of drug-likeness (QED) is 0.936. The summed E-state index contributed by atoms with van der Waals surface area (Å²) >= 11 is 9.31.